The Kier molecular flexibility index (Phi) is 3.96. The van der Waals surface area contributed by atoms with Gasteiger partial charge in [-0.3, -0.25) is 5.41 Å². The van der Waals surface area contributed by atoms with Crippen LogP contribution in [0.2, 0.25) is 0 Å². The normalized spacial score (nSPS) is 18.1. The van der Waals surface area contributed by atoms with Crippen molar-refractivity contribution < 1.29 is 13.9 Å². The maximum Gasteiger partial charge on any atom is 0.319 e. The molecule has 102 valence electrons. The molecule has 2 amide bonds. The van der Waals surface area contributed by atoms with Gasteiger partial charge in [-0.25, -0.2) is 9.18 Å². The number of nitrogens with one attached hydrogen (secondary N) is 3. The van der Waals surface area contributed by atoms with Crippen LogP contribution in [0, 0.1) is 11.2 Å². The van der Waals surface area contributed by atoms with Crippen LogP contribution in [0.5, 0.6) is 0 Å². The van der Waals surface area contributed by atoms with Crippen LogP contribution in [-0.4, -0.2) is 31.1 Å². The monoisotopic (exact) mass is 266 g/mol. The number of amides is 2. The minimum Gasteiger partial charge on any atom is -0.384 e. The van der Waals surface area contributed by atoms with Gasteiger partial charge < -0.3 is 21.1 Å². The lowest BCUT2D eigenvalue weighted by molar-refractivity contribution is 0.189. The zero-order chi connectivity index (χ0) is 13.8. The third-order valence-electron chi connectivity index (χ3n) is 2.80. The highest BCUT2D eigenvalue weighted by Crippen LogP contribution is 2.18. The van der Waals surface area contributed by atoms with Crippen LogP contribution in [-0.2, 0) is 4.74 Å². The fourth-order valence-electron chi connectivity index (χ4n) is 1.89. The van der Waals surface area contributed by atoms with E-state index in [2.05, 4.69) is 10.6 Å². The van der Waals surface area contributed by atoms with E-state index in [1.807, 2.05) is 0 Å². The molecule has 1 unspecified atom stereocenters. The molecule has 1 aliphatic heterocycles. The van der Waals surface area contributed by atoms with E-state index in [9.17, 15) is 9.18 Å². The number of rotatable bonds is 3. The molecule has 5 N–H and O–H groups in total. The van der Waals surface area contributed by atoms with Gasteiger partial charge in [-0.1, -0.05) is 6.07 Å². The average molecular weight is 266 g/mol. The number of urea groups is 1. The van der Waals surface area contributed by atoms with Gasteiger partial charge in [0.05, 0.1) is 23.9 Å². The molecule has 0 aliphatic carbocycles. The molecule has 2 rings (SSSR count). The molecule has 1 aliphatic rings. The molecule has 0 radical (unpaired) electrons. The Balaban J connectivity index is 2.07. The quantitative estimate of drug-likeness (QED) is 0.485. The predicted molar refractivity (Wildman–Crippen MR) is 68.8 cm³/mol. The van der Waals surface area contributed by atoms with Crippen LogP contribution in [0.4, 0.5) is 14.9 Å². The van der Waals surface area contributed by atoms with Crippen LogP contribution in [0.15, 0.2) is 18.2 Å². The Labute approximate surface area is 109 Å². The number of halogens is 1. The van der Waals surface area contributed by atoms with E-state index >= 15 is 0 Å². The van der Waals surface area contributed by atoms with Crippen molar-refractivity contribution in [2.24, 2.45) is 5.73 Å². The summed E-state index contributed by atoms with van der Waals surface area (Å²) in [6, 6.07) is 3.60. The van der Waals surface area contributed by atoms with E-state index in [4.69, 9.17) is 15.9 Å². The molecular weight excluding hydrogens is 251 g/mol. The van der Waals surface area contributed by atoms with Crippen LogP contribution in [0.1, 0.15) is 12.0 Å². The highest BCUT2D eigenvalue weighted by Gasteiger charge is 2.19. The lowest BCUT2D eigenvalue weighted by Gasteiger charge is -2.14. The standard InChI is InChI=1S/C12H15FN4O2/c13-8-2-1-3-9(10(8)11(14)15)17-12(18)16-7-4-5-19-6-7/h1-3,7H,4-6H2,(H3,14,15)(H2,16,17,18). The summed E-state index contributed by atoms with van der Waals surface area (Å²) in [6.07, 6.45) is 0.746. The topological polar surface area (TPSA) is 100 Å². The summed E-state index contributed by atoms with van der Waals surface area (Å²) in [6.45, 7) is 1.08. The Bertz CT molecular complexity index is 501. The van der Waals surface area contributed by atoms with E-state index in [1.54, 1.807) is 0 Å². The largest absolute Gasteiger partial charge is 0.384 e. The Morgan fingerprint density at radius 2 is 2.32 bits per heavy atom. The van der Waals surface area contributed by atoms with Gasteiger partial charge in [0.1, 0.15) is 11.7 Å². The minimum absolute atomic E-state index is 0.0469. The first kappa shape index (κ1) is 13.3. The van der Waals surface area contributed by atoms with Crippen molar-refractivity contribution in [3.63, 3.8) is 0 Å². The summed E-state index contributed by atoms with van der Waals surface area (Å²) in [4.78, 5) is 11.7. The number of anilines is 1. The van der Waals surface area contributed by atoms with Gasteiger partial charge in [0, 0.05) is 6.61 Å². The maximum atomic E-state index is 13.5. The molecule has 0 bridgehead atoms. The van der Waals surface area contributed by atoms with Crippen molar-refractivity contribution in [2.75, 3.05) is 18.5 Å². The number of benzene rings is 1. The molecule has 6 nitrogen and oxygen atoms in total. The third kappa shape index (κ3) is 3.19. The summed E-state index contributed by atoms with van der Waals surface area (Å²) in [5, 5.41) is 12.5. The highest BCUT2D eigenvalue weighted by atomic mass is 19.1. The zero-order valence-electron chi connectivity index (χ0n) is 10.2. The summed E-state index contributed by atoms with van der Waals surface area (Å²) in [5.74, 6) is -1.08. The van der Waals surface area contributed by atoms with Gasteiger partial charge in [0.2, 0.25) is 0 Å². The van der Waals surface area contributed by atoms with E-state index in [0.717, 1.165) is 6.42 Å². The lowest BCUT2D eigenvalue weighted by Crippen LogP contribution is -2.38. The minimum atomic E-state index is -0.644. The molecule has 1 heterocycles. The fraction of sp³-hybridized carbons (Fsp3) is 0.333. The number of nitrogen functional groups attached to an aromatic ring is 1. The Morgan fingerprint density at radius 3 is 2.95 bits per heavy atom. The summed E-state index contributed by atoms with van der Waals surface area (Å²) in [7, 11) is 0. The maximum absolute atomic E-state index is 13.5. The van der Waals surface area contributed by atoms with Crippen LogP contribution >= 0.6 is 0 Å². The van der Waals surface area contributed by atoms with Gasteiger partial charge >= 0.3 is 6.03 Å². The van der Waals surface area contributed by atoms with Crippen molar-refractivity contribution in [3.05, 3.63) is 29.6 Å². The number of amidine groups is 1. The van der Waals surface area contributed by atoms with Gasteiger partial charge in [0.15, 0.2) is 0 Å². The average Bonchev–Trinajstić information content (AvgIpc) is 2.81. The van der Waals surface area contributed by atoms with Crippen molar-refractivity contribution in [2.45, 2.75) is 12.5 Å². The van der Waals surface area contributed by atoms with Gasteiger partial charge in [-0.05, 0) is 18.6 Å². The van der Waals surface area contributed by atoms with E-state index < -0.39 is 17.7 Å². The van der Waals surface area contributed by atoms with Crippen LogP contribution in [0.25, 0.3) is 0 Å². The number of ether oxygens (including phenoxy) is 1. The summed E-state index contributed by atoms with van der Waals surface area (Å²) in [5.41, 5.74) is 5.37. The van der Waals surface area contributed by atoms with Crippen LogP contribution < -0.4 is 16.4 Å². The molecule has 7 heteroatoms. The number of hydrogen-bond acceptors (Lipinski definition) is 3. The molecule has 1 fully saturated rings. The smallest absolute Gasteiger partial charge is 0.319 e. The van der Waals surface area contributed by atoms with Gasteiger partial charge in [-0.15, -0.1) is 0 Å². The van der Waals surface area contributed by atoms with Gasteiger partial charge in [-0.2, -0.15) is 0 Å². The molecule has 1 atom stereocenters. The molecule has 1 saturated heterocycles. The number of hydrogen-bond donors (Lipinski definition) is 4. The SMILES string of the molecule is N=C(N)c1c(F)cccc1NC(=O)NC1CCOC1. The third-order valence-corrected chi connectivity index (χ3v) is 2.80. The summed E-state index contributed by atoms with van der Waals surface area (Å²) < 4.78 is 18.7. The molecule has 0 spiro atoms. The second kappa shape index (κ2) is 5.66. The zero-order valence-corrected chi connectivity index (χ0v) is 10.2. The highest BCUT2D eigenvalue weighted by molar-refractivity contribution is 6.04. The number of carbonyl (C=O) groups excluding carboxylic acids is 1. The van der Waals surface area contributed by atoms with E-state index in [1.165, 1.54) is 18.2 Å². The molecular formula is C12H15FN4O2. The predicted octanol–water partition coefficient (Wildman–Crippen LogP) is 1.02. The number of carbonyl (C=O) groups is 1. The van der Waals surface area contributed by atoms with Crippen molar-refractivity contribution >= 4 is 17.6 Å². The van der Waals surface area contributed by atoms with Crippen molar-refractivity contribution in [3.8, 4) is 0 Å². The number of nitrogens with two attached hydrogens (primary N) is 1. The molecule has 1 aromatic carbocycles. The second-order valence-corrected chi connectivity index (χ2v) is 4.24. The molecule has 0 saturated carbocycles. The molecule has 0 aromatic heterocycles. The lowest BCUT2D eigenvalue weighted by atomic mass is 10.1. The second-order valence-electron chi connectivity index (χ2n) is 4.24. The van der Waals surface area contributed by atoms with E-state index in [-0.39, 0.29) is 17.3 Å². The first-order valence-electron chi connectivity index (χ1n) is 5.86. The first-order valence-corrected chi connectivity index (χ1v) is 5.86. The fourth-order valence-corrected chi connectivity index (χ4v) is 1.89. The Morgan fingerprint density at radius 1 is 1.53 bits per heavy atom. The first-order chi connectivity index (χ1) is 9.08. The molecule has 19 heavy (non-hydrogen) atoms. The summed E-state index contributed by atoms with van der Waals surface area (Å²) >= 11 is 0. The van der Waals surface area contributed by atoms with Crippen molar-refractivity contribution in [1.82, 2.24) is 5.32 Å². The van der Waals surface area contributed by atoms with Crippen molar-refractivity contribution in [1.29, 1.82) is 5.41 Å². The Hall–Kier alpha value is -2.15. The van der Waals surface area contributed by atoms with Gasteiger partial charge in [0.25, 0.3) is 0 Å². The van der Waals surface area contributed by atoms with E-state index in [0.29, 0.717) is 13.2 Å². The van der Waals surface area contributed by atoms with Crippen LogP contribution in [0.3, 0.4) is 0 Å². The molecule has 1 aromatic rings.